The van der Waals surface area contributed by atoms with Crippen LogP contribution in [0.25, 0.3) is 22.2 Å². The molecule has 35 heavy (non-hydrogen) atoms. The maximum atomic E-state index is 14.1. The molecule has 0 aliphatic rings. The van der Waals surface area contributed by atoms with E-state index in [1.165, 1.54) is 5.56 Å². The summed E-state index contributed by atoms with van der Waals surface area (Å²) in [6.07, 6.45) is 1.64. The molecular weight excluding hydrogens is 432 g/mol. The van der Waals surface area contributed by atoms with Gasteiger partial charge in [-0.15, -0.1) is 0 Å². The lowest BCUT2D eigenvalue weighted by Gasteiger charge is -2.23. The first-order valence-corrected chi connectivity index (χ1v) is 11.9. The van der Waals surface area contributed by atoms with Crippen LogP contribution in [0.2, 0.25) is 0 Å². The van der Waals surface area contributed by atoms with Gasteiger partial charge in [-0.1, -0.05) is 86.6 Å². The minimum absolute atomic E-state index is 0.0508. The third kappa shape index (κ3) is 5.02. The average Bonchev–Trinajstić information content (AvgIpc) is 3.41. The van der Waals surface area contributed by atoms with Gasteiger partial charge >= 0.3 is 0 Å². The first-order chi connectivity index (χ1) is 17.1. The highest BCUT2D eigenvalue weighted by atomic mass is 16.3. The van der Waals surface area contributed by atoms with Crippen molar-refractivity contribution in [1.82, 2.24) is 9.88 Å². The summed E-state index contributed by atoms with van der Waals surface area (Å²) in [6.45, 7) is 5.23. The van der Waals surface area contributed by atoms with Crippen molar-refractivity contribution in [2.24, 2.45) is 0 Å². The summed E-state index contributed by atoms with van der Waals surface area (Å²) in [6, 6.07) is 32.0. The van der Waals surface area contributed by atoms with Gasteiger partial charge < -0.3 is 9.32 Å². The lowest BCUT2D eigenvalue weighted by Crippen LogP contribution is -2.30. The largest absolute Gasteiger partial charge is 0.467 e. The van der Waals surface area contributed by atoms with Crippen molar-refractivity contribution in [3.8, 4) is 11.3 Å². The van der Waals surface area contributed by atoms with Gasteiger partial charge in [0.05, 0.1) is 29.6 Å². The number of aromatic nitrogens is 1. The van der Waals surface area contributed by atoms with Crippen molar-refractivity contribution >= 4 is 16.8 Å². The molecule has 0 unspecified atom stereocenters. The molecule has 5 aromatic rings. The molecule has 0 fully saturated rings. The Hall–Kier alpha value is -4.18. The number of nitrogens with zero attached hydrogens (tertiary/aromatic N) is 2. The Labute approximate surface area is 205 Å². The molecule has 0 N–H and O–H groups in total. The van der Waals surface area contributed by atoms with Crippen molar-refractivity contribution in [1.29, 1.82) is 0 Å². The first-order valence-electron chi connectivity index (χ1n) is 11.9. The standard InChI is InChI=1S/C31H28N2O2/c1-22(2)24-16-14-23(15-17-24)20-33(21-26-11-8-18-35-26)31(34)28-19-30(25-9-4-3-5-10-25)32-29-13-7-6-12-27(28)29/h3-19,22H,20-21H2,1-2H3. The summed E-state index contributed by atoms with van der Waals surface area (Å²) >= 11 is 0. The first kappa shape index (κ1) is 22.6. The molecule has 3 aromatic carbocycles. The van der Waals surface area contributed by atoms with Crippen LogP contribution in [0.15, 0.2) is 108 Å². The van der Waals surface area contributed by atoms with E-state index in [0.717, 1.165) is 33.5 Å². The fourth-order valence-corrected chi connectivity index (χ4v) is 4.30. The number of rotatable bonds is 7. The van der Waals surface area contributed by atoms with Crippen LogP contribution in [0.1, 0.15) is 47.0 Å². The van der Waals surface area contributed by atoms with Crippen molar-refractivity contribution in [2.75, 3.05) is 0 Å². The molecule has 0 spiro atoms. The van der Waals surface area contributed by atoms with Gasteiger partial charge in [-0.2, -0.15) is 0 Å². The predicted octanol–water partition coefficient (Wildman–Crippen LogP) is 7.46. The molecular formula is C31H28N2O2. The number of pyridine rings is 1. The molecule has 174 valence electrons. The molecule has 0 saturated heterocycles. The fraction of sp³-hybridized carbons (Fsp3) is 0.161. The van der Waals surface area contributed by atoms with E-state index < -0.39 is 0 Å². The van der Waals surface area contributed by atoms with E-state index in [0.29, 0.717) is 24.6 Å². The molecule has 1 amide bonds. The lowest BCUT2D eigenvalue weighted by atomic mass is 10.0. The summed E-state index contributed by atoms with van der Waals surface area (Å²) in [7, 11) is 0. The average molecular weight is 461 g/mol. The molecule has 4 nitrogen and oxygen atoms in total. The van der Waals surface area contributed by atoms with E-state index in [2.05, 4.69) is 38.1 Å². The minimum Gasteiger partial charge on any atom is -0.467 e. The van der Waals surface area contributed by atoms with Gasteiger partial charge in [0.1, 0.15) is 5.76 Å². The number of carbonyl (C=O) groups is 1. The van der Waals surface area contributed by atoms with Crippen molar-refractivity contribution in [3.63, 3.8) is 0 Å². The van der Waals surface area contributed by atoms with E-state index >= 15 is 0 Å². The zero-order valence-corrected chi connectivity index (χ0v) is 20.0. The highest BCUT2D eigenvalue weighted by molar-refractivity contribution is 6.07. The molecule has 0 radical (unpaired) electrons. The fourth-order valence-electron chi connectivity index (χ4n) is 4.30. The molecule has 5 rings (SSSR count). The third-order valence-electron chi connectivity index (χ3n) is 6.25. The van der Waals surface area contributed by atoms with Crippen molar-refractivity contribution in [2.45, 2.75) is 32.9 Å². The number of benzene rings is 3. The van der Waals surface area contributed by atoms with Crippen molar-refractivity contribution in [3.05, 3.63) is 126 Å². The topological polar surface area (TPSA) is 46.3 Å². The smallest absolute Gasteiger partial charge is 0.255 e. The van der Waals surface area contributed by atoms with Crippen LogP contribution >= 0.6 is 0 Å². The van der Waals surface area contributed by atoms with E-state index in [1.807, 2.05) is 77.7 Å². The quantitative estimate of drug-likeness (QED) is 0.253. The van der Waals surface area contributed by atoms with Crippen LogP contribution in [0, 0.1) is 0 Å². The molecule has 0 atom stereocenters. The van der Waals surface area contributed by atoms with E-state index in [1.54, 1.807) is 6.26 Å². The second-order valence-electron chi connectivity index (χ2n) is 9.08. The Balaban J connectivity index is 1.56. The number of hydrogen-bond donors (Lipinski definition) is 0. The van der Waals surface area contributed by atoms with Gasteiger partial charge in [-0.25, -0.2) is 4.98 Å². The summed E-state index contributed by atoms with van der Waals surface area (Å²) in [5.41, 5.74) is 5.57. The van der Waals surface area contributed by atoms with Gasteiger partial charge in [0.2, 0.25) is 0 Å². The summed E-state index contributed by atoms with van der Waals surface area (Å²) in [5, 5.41) is 0.844. The Kier molecular flexibility index (Phi) is 6.44. The summed E-state index contributed by atoms with van der Waals surface area (Å²) < 4.78 is 5.61. The van der Waals surface area contributed by atoms with Gasteiger partial charge in [-0.3, -0.25) is 4.79 Å². The van der Waals surface area contributed by atoms with Crippen LogP contribution < -0.4 is 0 Å². The van der Waals surface area contributed by atoms with Crippen molar-refractivity contribution < 1.29 is 9.21 Å². The van der Waals surface area contributed by atoms with Crippen LogP contribution in [-0.2, 0) is 13.1 Å². The maximum absolute atomic E-state index is 14.1. The normalized spacial score (nSPS) is 11.2. The zero-order valence-electron chi connectivity index (χ0n) is 20.0. The molecule has 2 aromatic heterocycles. The van der Waals surface area contributed by atoms with Gasteiger partial charge in [0.15, 0.2) is 0 Å². The molecule has 0 aliphatic carbocycles. The molecule has 4 heteroatoms. The van der Waals surface area contributed by atoms with Crippen LogP contribution in [0.5, 0.6) is 0 Å². The van der Waals surface area contributed by atoms with E-state index in [-0.39, 0.29) is 5.91 Å². The Morgan fingerprint density at radius 2 is 1.60 bits per heavy atom. The third-order valence-corrected chi connectivity index (χ3v) is 6.25. The van der Waals surface area contributed by atoms with Gasteiger partial charge in [-0.05, 0) is 41.3 Å². The Bertz CT molecular complexity index is 1420. The number of carbonyl (C=O) groups excluding carboxylic acids is 1. The number of para-hydroxylation sites is 1. The highest BCUT2D eigenvalue weighted by Gasteiger charge is 2.22. The highest BCUT2D eigenvalue weighted by Crippen LogP contribution is 2.27. The summed E-state index contributed by atoms with van der Waals surface area (Å²) in [4.78, 5) is 20.8. The number of amides is 1. The minimum atomic E-state index is -0.0508. The molecule has 0 saturated carbocycles. The number of furan rings is 1. The monoisotopic (exact) mass is 460 g/mol. The SMILES string of the molecule is CC(C)c1ccc(CN(Cc2ccco2)C(=O)c2cc(-c3ccccc3)nc3ccccc23)cc1. The van der Waals surface area contributed by atoms with E-state index in [9.17, 15) is 4.79 Å². The molecule has 2 heterocycles. The number of hydrogen-bond acceptors (Lipinski definition) is 3. The van der Waals surface area contributed by atoms with Crippen LogP contribution in [0.3, 0.4) is 0 Å². The second kappa shape index (κ2) is 9.98. The Morgan fingerprint density at radius 1 is 0.857 bits per heavy atom. The van der Waals surface area contributed by atoms with Crippen LogP contribution in [-0.4, -0.2) is 15.8 Å². The summed E-state index contributed by atoms with van der Waals surface area (Å²) in [5.74, 6) is 1.16. The molecule has 0 aliphatic heterocycles. The van der Waals surface area contributed by atoms with Gasteiger partial charge in [0, 0.05) is 17.5 Å². The molecule has 0 bridgehead atoms. The second-order valence-corrected chi connectivity index (χ2v) is 9.08. The Morgan fingerprint density at radius 3 is 2.31 bits per heavy atom. The van der Waals surface area contributed by atoms with E-state index in [4.69, 9.17) is 9.40 Å². The predicted molar refractivity (Wildman–Crippen MR) is 140 cm³/mol. The van der Waals surface area contributed by atoms with Crippen LogP contribution in [0.4, 0.5) is 0 Å². The van der Waals surface area contributed by atoms with Gasteiger partial charge in [0.25, 0.3) is 5.91 Å². The zero-order chi connectivity index (χ0) is 24.2. The maximum Gasteiger partial charge on any atom is 0.255 e. The lowest BCUT2D eigenvalue weighted by molar-refractivity contribution is 0.0719. The number of fused-ring (bicyclic) bond motifs is 1.